The van der Waals surface area contributed by atoms with E-state index in [2.05, 4.69) is 18.8 Å². The minimum atomic E-state index is -2.63. The van der Waals surface area contributed by atoms with Gasteiger partial charge in [-0.3, -0.25) is 9.55 Å². The van der Waals surface area contributed by atoms with Crippen LogP contribution in [0.4, 0.5) is 0 Å². The van der Waals surface area contributed by atoms with Crippen LogP contribution >= 0.6 is 0 Å². The number of imidazole rings is 1. The largest absolute Gasteiger partial charge is 0.507 e. The average Bonchev–Trinajstić information content (AvgIpc) is 3.68. The number of hydrogen-bond acceptors (Lipinski definition) is 3. The number of rotatable bonds is 8. The molecule has 4 nitrogen and oxygen atoms in total. The van der Waals surface area contributed by atoms with Crippen molar-refractivity contribution < 1.29 is 21.6 Å². The van der Waals surface area contributed by atoms with E-state index >= 15 is 0 Å². The third-order valence-corrected chi connectivity index (χ3v) is 10.3. The number of nitrogens with zero attached hydrogens (tertiary/aromatic N) is 3. The second-order valence-electron chi connectivity index (χ2n) is 15.9. The summed E-state index contributed by atoms with van der Waals surface area (Å²) >= 11 is 0. The molecule has 0 radical (unpaired) electrons. The van der Waals surface area contributed by atoms with Crippen LogP contribution < -0.4 is 0 Å². The first kappa shape index (κ1) is 25.8. The van der Waals surface area contributed by atoms with Crippen molar-refractivity contribution in [2.75, 3.05) is 0 Å². The summed E-state index contributed by atoms with van der Waals surface area (Å²) in [5.74, 6) is -0.569. The summed E-state index contributed by atoms with van der Waals surface area (Å²) in [5, 5.41) is 11.4. The Morgan fingerprint density at radius 2 is 1.46 bits per heavy atom. The molecule has 0 bridgehead atoms. The summed E-state index contributed by atoms with van der Waals surface area (Å²) in [4.78, 5) is 9.60. The van der Waals surface area contributed by atoms with Gasteiger partial charge in [-0.05, 0) is 129 Å². The Hall–Kier alpha value is -6.26. The van der Waals surface area contributed by atoms with Gasteiger partial charge in [-0.1, -0.05) is 133 Å². The second kappa shape index (κ2) is 15.0. The first-order valence-electron chi connectivity index (χ1n) is 25.0. The summed E-state index contributed by atoms with van der Waals surface area (Å²) in [5.41, 5.74) is 6.03. The molecule has 0 aliphatic carbocycles. The minimum Gasteiger partial charge on any atom is -0.507 e. The third-order valence-electron chi connectivity index (χ3n) is 10.3. The highest BCUT2D eigenvalue weighted by atomic mass is 16.3. The topological polar surface area (TPSA) is 50.9 Å². The Bertz CT molecular complexity index is 3350. The molecule has 6 aromatic carbocycles. The van der Waals surface area contributed by atoms with E-state index in [4.69, 9.17) is 20.1 Å². The number of aromatic nitrogens is 3. The minimum absolute atomic E-state index is 0.0352. The first-order chi connectivity index (χ1) is 32.2. The van der Waals surface area contributed by atoms with Crippen molar-refractivity contribution >= 4 is 11.0 Å². The zero-order valence-corrected chi connectivity index (χ0v) is 33.1. The molecule has 0 saturated heterocycles. The third kappa shape index (κ3) is 7.40. The summed E-state index contributed by atoms with van der Waals surface area (Å²) in [7, 11) is 0. The van der Waals surface area contributed by atoms with Crippen LogP contribution in [0, 0.1) is 6.85 Å². The second-order valence-corrected chi connectivity index (χ2v) is 15.9. The standard InChI is InChI=1S/C53H51N3O/c1-33(2)39-26-40(34(3)4)28-41(27-39)37-21-22-48(35(5)25-37)56-49-19-14-18-45(51(49)55-52(56)46-17-12-13-20-50(46)57)42-29-43(31-44(30-42)53(6,7)8)47-32-38(23-24-54-47)36-15-10-9-11-16-36/h9-34,57H,1-8H3/i5D3,9D,10D,11D,15D,16D,23D,24D,32D,33D. The van der Waals surface area contributed by atoms with Crippen LogP contribution in [-0.4, -0.2) is 19.6 Å². The first-order valence-corrected chi connectivity index (χ1v) is 19.0. The van der Waals surface area contributed by atoms with Crippen LogP contribution in [0.1, 0.15) is 99.0 Å². The maximum absolute atomic E-state index is 11.4. The Morgan fingerprint density at radius 1 is 0.702 bits per heavy atom. The lowest BCUT2D eigenvalue weighted by molar-refractivity contribution is 0.477. The van der Waals surface area contributed by atoms with Crippen LogP contribution in [0.5, 0.6) is 5.75 Å². The molecule has 8 rings (SSSR count). The van der Waals surface area contributed by atoms with Crippen molar-refractivity contribution in [1.82, 2.24) is 14.5 Å². The van der Waals surface area contributed by atoms with Crippen molar-refractivity contribution in [3.05, 3.63) is 168 Å². The monoisotopic (exact) mass is 757 g/mol. The molecule has 0 aliphatic heterocycles. The van der Waals surface area contributed by atoms with Gasteiger partial charge in [-0.15, -0.1) is 0 Å². The molecule has 2 heterocycles. The Balaban J connectivity index is 1.41. The lowest BCUT2D eigenvalue weighted by Gasteiger charge is -2.22. The molecule has 0 spiro atoms. The van der Waals surface area contributed by atoms with Crippen molar-refractivity contribution in [3.63, 3.8) is 0 Å². The van der Waals surface area contributed by atoms with Crippen molar-refractivity contribution in [1.29, 1.82) is 0 Å². The van der Waals surface area contributed by atoms with Gasteiger partial charge < -0.3 is 5.11 Å². The highest BCUT2D eigenvalue weighted by molar-refractivity contribution is 5.97. The van der Waals surface area contributed by atoms with E-state index in [0.29, 0.717) is 44.5 Å². The Morgan fingerprint density at radius 3 is 2.19 bits per heavy atom. The normalized spacial score (nSPS) is 15.3. The highest BCUT2D eigenvalue weighted by Gasteiger charge is 2.23. The molecule has 0 amide bonds. The summed E-state index contributed by atoms with van der Waals surface area (Å²) in [6, 6.07) is 24.9. The van der Waals surface area contributed by atoms with Crippen LogP contribution in [-0.2, 0) is 5.41 Å². The van der Waals surface area contributed by atoms with Gasteiger partial charge in [-0.2, -0.15) is 0 Å². The summed E-state index contributed by atoms with van der Waals surface area (Å²) in [6.45, 7) is 11.2. The van der Waals surface area contributed by atoms with Gasteiger partial charge in [0.05, 0.1) is 38.9 Å². The molecule has 0 unspecified atom stereocenters. The van der Waals surface area contributed by atoms with Gasteiger partial charge in [0.25, 0.3) is 0 Å². The predicted molar refractivity (Wildman–Crippen MR) is 239 cm³/mol. The number of hydrogen-bond donors (Lipinski definition) is 1. The van der Waals surface area contributed by atoms with Gasteiger partial charge in [0.2, 0.25) is 0 Å². The van der Waals surface area contributed by atoms with E-state index in [1.807, 2.05) is 89.2 Å². The summed E-state index contributed by atoms with van der Waals surface area (Å²) in [6.07, 6.45) is -0.553. The van der Waals surface area contributed by atoms with Gasteiger partial charge in [0, 0.05) is 22.8 Å². The average molecular weight is 758 g/mol. The van der Waals surface area contributed by atoms with Crippen molar-refractivity contribution in [2.24, 2.45) is 0 Å². The molecular weight excluding hydrogens is 695 g/mol. The quantitative estimate of drug-likeness (QED) is 0.168. The van der Waals surface area contributed by atoms with Gasteiger partial charge in [-0.25, -0.2) is 4.98 Å². The van der Waals surface area contributed by atoms with Crippen molar-refractivity contribution in [2.45, 2.75) is 72.5 Å². The molecule has 1 N–H and O–H groups in total. The maximum Gasteiger partial charge on any atom is 0.149 e. The lowest BCUT2D eigenvalue weighted by Crippen LogP contribution is -2.11. The Kier molecular flexibility index (Phi) is 6.79. The Labute approximate surface area is 354 Å². The van der Waals surface area contributed by atoms with Gasteiger partial charge in [0.1, 0.15) is 11.6 Å². The fourth-order valence-electron chi connectivity index (χ4n) is 7.08. The zero-order chi connectivity index (χ0) is 50.4. The number of phenolic OH excluding ortho intramolecular Hbond substituents is 1. The predicted octanol–water partition coefficient (Wildman–Crippen LogP) is 14.3. The van der Waals surface area contributed by atoms with E-state index in [0.717, 1.165) is 22.3 Å². The number of phenols is 1. The molecular formula is C53H51N3O. The zero-order valence-electron chi connectivity index (χ0n) is 45.1. The van der Waals surface area contributed by atoms with E-state index in [-0.39, 0.29) is 39.9 Å². The molecule has 4 heteroatoms. The van der Waals surface area contributed by atoms with Gasteiger partial charge in [0.15, 0.2) is 0 Å². The van der Waals surface area contributed by atoms with Crippen molar-refractivity contribution in [3.8, 4) is 67.5 Å². The molecule has 57 heavy (non-hydrogen) atoms. The van der Waals surface area contributed by atoms with E-state index < -0.39 is 66.6 Å². The molecule has 0 fully saturated rings. The highest BCUT2D eigenvalue weighted by Crippen LogP contribution is 2.41. The fourth-order valence-corrected chi connectivity index (χ4v) is 7.08. The molecule has 0 aliphatic rings. The van der Waals surface area contributed by atoms with E-state index in [1.54, 1.807) is 41.0 Å². The summed E-state index contributed by atoms with van der Waals surface area (Å²) < 4.78 is 106. The molecule has 0 atom stereocenters. The van der Waals surface area contributed by atoms with Crippen LogP contribution in [0.2, 0.25) is 0 Å². The molecule has 0 saturated carbocycles. The SMILES string of the molecule is [2H]c1nc(-c2cc(-c3cccc4c3nc(-c3ccccc3O)n4-c3ccc(-c4cc(C(C)C)cc(C([2H])(C)C)c4)cc3C([2H])([2H])[2H])cc(C(C)(C)C)c2)c([2H])c(-c2c([2H])c([2H])c([2H])c([2H])c2[2H])c1[2H]. The molecule has 8 aromatic rings. The molecule has 2 aromatic heterocycles. The van der Waals surface area contributed by atoms with E-state index in [1.165, 1.54) is 6.07 Å². The number of para-hydroxylation sites is 2. The smallest absolute Gasteiger partial charge is 0.149 e. The van der Waals surface area contributed by atoms with Crippen LogP contribution in [0.3, 0.4) is 0 Å². The van der Waals surface area contributed by atoms with Crippen LogP contribution in [0.15, 0.2) is 146 Å². The fraction of sp³-hybridized carbons (Fsp3) is 0.208. The van der Waals surface area contributed by atoms with Gasteiger partial charge >= 0.3 is 0 Å². The molecule has 284 valence electrons. The number of aryl methyl sites for hydroxylation is 1. The number of fused-ring (bicyclic) bond motifs is 1. The maximum atomic E-state index is 11.4. The number of pyridine rings is 1. The van der Waals surface area contributed by atoms with Crippen LogP contribution in [0.25, 0.3) is 72.7 Å². The lowest BCUT2D eigenvalue weighted by atomic mass is 9.83. The number of benzene rings is 6. The number of aromatic hydroxyl groups is 1. The van der Waals surface area contributed by atoms with E-state index in [9.17, 15) is 6.48 Å².